The quantitative estimate of drug-likeness (QED) is 0.284. The van der Waals surface area contributed by atoms with Crippen LogP contribution in [0.3, 0.4) is 0 Å². The molecule has 150 valence electrons. The second-order valence-electron chi connectivity index (χ2n) is 5.51. The zero-order chi connectivity index (χ0) is 20.9. The van der Waals surface area contributed by atoms with Crippen molar-refractivity contribution in [1.82, 2.24) is 9.97 Å². The van der Waals surface area contributed by atoms with Crippen molar-refractivity contribution in [3.05, 3.63) is 70.6 Å². The summed E-state index contributed by atoms with van der Waals surface area (Å²) < 4.78 is 55.2. The van der Waals surface area contributed by atoms with Gasteiger partial charge >= 0.3 is 6.36 Å². The maximum absolute atomic E-state index is 14.0. The Kier molecular flexibility index (Phi) is 6.27. The van der Waals surface area contributed by atoms with E-state index in [0.29, 0.717) is 5.69 Å². The van der Waals surface area contributed by atoms with Gasteiger partial charge in [-0.2, -0.15) is 10.1 Å². The second kappa shape index (κ2) is 8.86. The molecule has 3 aromatic rings. The molecule has 0 aliphatic heterocycles. The van der Waals surface area contributed by atoms with Crippen LogP contribution in [0.25, 0.3) is 0 Å². The molecule has 0 unspecified atom stereocenters. The fraction of sp³-hybridized carbons (Fsp3) is 0.0556. The van der Waals surface area contributed by atoms with Gasteiger partial charge in [-0.25, -0.2) is 14.8 Å². The number of benzene rings is 2. The lowest BCUT2D eigenvalue weighted by molar-refractivity contribution is -0.274. The summed E-state index contributed by atoms with van der Waals surface area (Å²) in [7, 11) is 0. The molecule has 29 heavy (non-hydrogen) atoms. The van der Waals surface area contributed by atoms with Gasteiger partial charge in [0.05, 0.1) is 12.4 Å². The number of hydrogen-bond acceptors (Lipinski definition) is 6. The number of aromatic nitrogens is 2. The molecule has 1 heterocycles. The summed E-state index contributed by atoms with van der Waals surface area (Å²) in [5.41, 5.74) is 3.71. The van der Waals surface area contributed by atoms with Crippen LogP contribution in [0.4, 0.5) is 35.0 Å². The molecule has 0 saturated heterocycles. The van der Waals surface area contributed by atoms with Crippen molar-refractivity contribution in [3.63, 3.8) is 0 Å². The Balaban J connectivity index is 1.66. The van der Waals surface area contributed by atoms with Gasteiger partial charge in [0.25, 0.3) is 0 Å². The molecule has 0 spiro atoms. The minimum absolute atomic E-state index is 0.0271. The zero-order valence-electron chi connectivity index (χ0n) is 14.4. The summed E-state index contributed by atoms with van der Waals surface area (Å²) in [6.45, 7) is 0. The summed E-state index contributed by atoms with van der Waals surface area (Å²) >= 11 is 3.33. The van der Waals surface area contributed by atoms with Crippen LogP contribution in [0.15, 0.2) is 64.3 Å². The predicted octanol–water partition coefficient (Wildman–Crippen LogP) is 5.47. The minimum atomic E-state index is -4.79. The third-order valence-corrected chi connectivity index (χ3v) is 3.87. The van der Waals surface area contributed by atoms with Gasteiger partial charge in [0, 0.05) is 10.2 Å². The Hall–Kier alpha value is -3.21. The van der Waals surface area contributed by atoms with Crippen molar-refractivity contribution in [3.8, 4) is 5.75 Å². The number of hydrazone groups is 1. The summed E-state index contributed by atoms with van der Waals surface area (Å²) in [6.07, 6.45) is -2.31. The molecule has 2 aromatic carbocycles. The fourth-order valence-electron chi connectivity index (χ4n) is 2.10. The first-order valence-corrected chi connectivity index (χ1v) is 8.78. The Morgan fingerprint density at radius 1 is 1.03 bits per heavy atom. The summed E-state index contributed by atoms with van der Waals surface area (Å²) in [4.78, 5) is 7.73. The van der Waals surface area contributed by atoms with Crippen LogP contribution in [-0.4, -0.2) is 22.5 Å². The normalized spacial score (nSPS) is 11.5. The van der Waals surface area contributed by atoms with Gasteiger partial charge < -0.3 is 10.1 Å². The van der Waals surface area contributed by atoms with Crippen LogP contribution in [0, 0.1) is 5.82 Å². The predicted molar refractivity (Wildman–Crippen MR) is 104 cm³/mol. The lowest BCUT2D eigenvalue weighted by Crippen LogP contribution is -2.17. The largest absolute Gasteiger partial charge is 0.573 e. The van der Waals surface area contributed by atoms with Crippen LogP contribution in [0.1, 0.15) is 5.56 Å². The van der Waals surface area contributed by atoms with E-state index < -0.39 is 17.9 Å². The average Bonchev–Trinajstić information content (AvgIpc) is 2.66. The number of anilines is 3. The highest BCUT2D eigenvalue weighted by molar-refractivity contribution is 9.10. The van der Waals surface area contributed by atoms with E-state index in [-0.39, 0.29) is 11.8 Å². The number of rotatable bonds is 6. The molecule has 0 atom stereocenters. The number of halogens is 5. The molecular formula is C18H12BrF4N5O. The first-order valence-electron chi connectivity index (χ1n) is 7.98. The summed E-state index contributed by atoms with van der Waals surface area (Å²) in [5.74, 6) is -1.29. The van der Waals surface area contributed by atoms with Crippen molar-refractivity contribution < 1.29 is 22.3 Å². The summed E-state index contributed by atoms with van der Waals surface area (Å²) in [6, 6.07) is 12.1. The van der Waals surface area contributed by atoms with Gasteiger partial charge in [0.1, 0.15) is 5.75 Å². The molecule has 11 heteroatoms. The SMILES string of the molecule is Fc1cnc(N/N=C/c2ccc(Br)cc2)nc1Nc1ccc(OC(F)(F)F)cc1. The lowest BCUT2D eigenvalue weighted by atomic mass is 10.2. The standard InChI is InChI=1S/C18H12BrF4N5O/c19-12-3-1-11(2-4-12)9-25-28-17-24-10-15(20)16(27-17)26-13-5-7-14(8-6-13)29-18(21,22)23/h1-10H,(H2,24,26,27,28)/b25-9+. The van der Waals surface area contributed by atoms with Crippen molar-refractivity contribution in [2.45, 2.75) is 6.36 Å². The molecule has 2 N–H and O–H groups in total. The van der Waals surface area contributed by atoms with Gasteiger partial charge in [0.2, 0.25) is 5.95 Å². The average molecular weight is 470 g/mol. The first-order chi connectivity index (χ1) is 13.8. The third kappa shape index (κ3) is 6.42. The molecule has 0 amide bonds. The minimum Gasteiger partial charge on any atom is -0.406 e. The number of ether oxygens (including phenoxy) is 1. The lowest BCUT2D eigenvalue weighted by Gasteiger charge is -2.10. The van der Waals surface area contributed by atoms with Crippen molar-refractivity contribution in [1.29, 1.82) is 0 Å². The van der Waals surface area contributed by atoms with E-state index in [0.717, 1.165) is 28.4 Å². The summed E-state index contributed by atoms with van der Waals surface area (Å²) in [5, 5.41) is 6.63. The zero-order valence-corrected chi connectivity index (χ0v) is 16.0. The maximum atomic E-state index is 14.0. The highest BCUT2D eigenvalue weighted by Crippen LogP contribution is 2.25. The molecule has 1 aromatic heterocycles. The molecule has 3 rings (SSSR count). The van der Waals surface area contributed by atoms with Crippen molar-refractivity contribution in [2.75, 3.05) is 10.7 Å². The van der Waals surface area contributed by atoms with Crippen molar-refractivity contribution in [2.24, 2.45) is 5.10 Å². The smallest absolute Gasteiger partial charge is 0.406 e. The Morgan fingerprint density at radius 2 is 1.72 bits per heavy atom. The van der Waals surface area contributed by atoms with E-state index in [2.05, 4.69) is 46.5 Å². The molecule has 6 nitrogen and oxygen atoms in total. The van der Waals surface area contributed by atoms with E-state index in [4.69, 9.17) is 0 Å². The monoisotopic (exact) mass is 469 g/mol. The van der Waals surface area contributed by atoms with Crippen LogP contribution in [-0.2, 0) is 0 Å². The van der Waals surface area contributed by atoms with Gasteiger partial charge in [-0.05, 0) is 42.0 Å². The van der Waals surface area contributed by atoms with E-state index in [1.54, 1.807) is 0 Å². The van der Waals surface area contributed by atoms with Gasteiger partial charge in [0.15, 0.2) is 11.6 Å². The van der Waals surface area contributed by atoms with E-state index >= 15 is 0 Å². The Bertz CT molecular complexity index is 995. The van der Waals surface area contributed by atoms with Gasteiger partial charge in [-0.1, -0.05) is 28.1 Å². The topological polar surface area (TPSA) is 71.4 Å². The Labute approximate surface area is 170 Å². The molecule has 0 aliphatic rings. The molecule has 0 saturated carbocycles. The second-order valence-corrected chi connectivity index (χ2v) is 6.42. The fourth-order valence-corrected chi connectivity index (χ4v) is 2.36. The number of alkyl halides is 3. The van der Waals surface area contributed by atoms with Crippen LogP contribution < -0.4 is 15.5 Å². The Morgan fingerprint density at radius 3 is 2.38 bits per heavy atom. The van der Waals surface area contributed by atoms with Crippen LogP contribution >= 0.6 is 15.9 Å². The molecule has 0 radical (unpaired) electrons. The molecular weight excluding hydrogens is 458 g/mol. The highest BCUT2D eigenvalue weighted by atomic mass is 79.9. The van der Waals surface area contributed by atoms with Crippen LogP contribution in [0.2, 0.25) is 0 Å². The van der Waals surface area contributed by atoms with Crippen LogP contribution in [0.5, 0.6) is 5.75 Å². The number of nitrogens with one attached hydrogen (secondary N) is 2. The highest BCUT2D eigenvalue weighted by Gasteiger charge is 2.30. The number of nitrogens with zero attached hydrogens (tertiary/aromatic N) is 3. The van der Waals surface area contributed by atoms with E-state index in [1.807, 2.05) is 24.3 Å². The maximum Gasteiger partial charge on any atom is 0.573 e. The third-order valence-electron chi connectivity index (χ3n) is 3.34. The number of hydrogen-bond donors (Lipinski definition) is 2. The van der Waals surface area contributed by atoms with E-state index in [9.17, 15) is 17.6 Å². The van der Waals surface area contributed by atoms with Crippen molar-refractivity contribution >= 4 is 39.6 Å². The molecule has 0 fully saturated rings. The van der Waals surface area contributed by atoms with Gasteiger partial charge in [-0.15, -0.1) is 13.2 Å². The molecule has 0 bridgehead atoms. The van der Waals surface area contributed by atoms with Gasteiger partial charge in [-0.3, -0.25) is 0 Å². The molecule has 0 aliphatic carbocycles. The first kappa shape index (κ1) is 20.5. The van der Waals surface area contributed by atoms with E-state index in [1.165, 1.54) is 18.3 Å².